The van der Waals surface area contributed by atoms with Crippen LogP contribution in [0.25, 0.3) is 11.7 Å². The van der Waals surface area contributed by atoms with Crippen molar-refractivity contribution in [3.05, 3.63) is 41.7 Å². The molecule has 2 aliphatic heterocycles. The van der Waals surface area contributed by atoms with E-state index in [-0.39, 0.29) is 18.2 Å². The van der Waals surface area contributed by atoms with Gasteiger partial charge < -0.3 is 19.9 Å². The first kappa shape index (κ1) is 21.8. The maximum atomic E-state index is 12.0. The van der Waals surface area contributed by atoms with Crippen molar-refractivity contribution in [2.24, 2.45) is 0 Å². The molecule has 12 heteroatoms. The number of hydrogen-bond acceptors (Lipinski definition) is 10. The number of amides is 2. The van der Waals surface area contributed by atoms with Crippen LogP contribution in [0.1, 0.15) is 12.0 Å². The number of fused-ring (bicyclic) bond motifs is 1. The van der Waals surface area contributed by atoms with E-state index >= 15 is 0 Å². The van der Waals surface area contributed by atoms with Gasteiger partial charge in [0.15, 0.2) is 5.65 Å². The van der Waals surface area contributed by atoms with Crippen molar-refractivity contribution in [1.29, 1.82) is 0 Å². The molecule has 176 valence electrons. The molecule has 0 spiro atoms. The van der Waals surface area contributed by atoms with Crippen molar-refractivity contribution in [2.45, 2.75) is 6.42 Å². The average Bonchev–Trinajstić information content (AvgIpc) is 3.41. The smallest absolute Gasteiger partial charge is 0.254 e. The number of pyridine rings is 1. The number of nitrogens with one attached hydrogen (secondary N) is 2. The lowest BCUT2D eigenvalue weighted by Crippen LogP contribution is -2.47. The van der Waals surface area contributed by atoms with Crippen LogP contribution in [0, 0.1) is 0 Å². The maximum Gasteiger partial charge on any atom is 0.254 e. The first-order chi connectivity index (χ1) is 16.6. The number of rotatable bonds is 7. The predicted molar refractivity (Wildman–Crippen MR) is 126 cm³/mol. The minimum absolute atomic E-state index is 0.0442. The van der Waals surface area contributed by atoms with Crippen LogP contribution in [0.5, 0.6) is 0 Å². The van der Waals surface area contributed by atoms with E-state index in [0.29, 0.717) is 41.8 Å². The molecule has 0 saturated carbocycles. The summed E-state index contributed by atoms with van der Waals surface area (Å²) in [5.74, 6) is 1.36. The van der Waals surface area contributed by atoms with Crippen molar-refractivity contribution in [2.75, 3.05) is 61.6 Å². The van der Waals surface area contributed by atoms with Gasteiger partial charge in [0.1, 0.15) is 5.82 Å². The van der Waals surface area contributed by atoms with Gasteiger partial charge in [-0.05, 0) is 18.2 Å². The maximum absolute atomic E-state index is 12.0. The number of hydrogen-bond donors (Lipinski definition) is 2. The molecule has 0 atom stereocenters. The number of methoxy groups -OCH3 is 1. The number of imide groups is 1. The molecular weight excluding hydrogens is 438 g/mol. The van der Waals surface area contributed by atoms with Crippen LogP contribution in [0.3, 0.4) is 0 Å². The van der Waals surface area contributed by atoms with E-state index in [2.05, 4.69) is 30.5 Å². The van der Waals surface area contributed by atoms with E-state index in [9.17, 15) is 9.59 Å². The van der Waals surface area contributed by atoms with Gasteiger partial charge in [0, 0.05) is 57.2 Å². The van der Waals surface area contributed by atoms with Crippen LogP contribution in [-0.2, 0) is 14.3 Å². The molecule has 0 bridgehead atoms. The van der Waals surface area contributed by atoms with E-state index in [0.717, 1.165) is 32.0 Å². The van der Waals surface area contributed by atoms with E-state index in [1.54, 1.807) is 30.1 Å². The summed E-state index contributed by atoms with van der Waals surface area (Å²) in [6, 6.07) is 5.90. The summed E-state index contributed by atoms with van der Waals surface area (Å²) >= 11 is 0. The quantitative estimate of drug-likeness (QED) is 0.287. The molecular formula is C22H25N9O3. The normalized spacial score (nSPS) is 17.6. The van der Waals surface area contributed by atoms with Gasteiger partial charge in [-0.25, -0.2) is 4.98 Å². The van der Waals surface area contributed by atoms with Gasteiger partial charge in [0.25, 0.3) is 5.91 Å². The van der Waals surface area contributed by atoms with Crippen LogP contribution in [-0.4, -0.2) is 82.8 Å². The topological polar surface area (TPSA) is 130 Å². The number of carbonyl (C=O) groups excluding carboxylic acids is 2. The van der Waals surface area contributed by atoms with E-state index in [4.69, 9.17) is 14.7 Å². The molecule has 2 amide bonds. The molecule has 3 aromatic rings. The Bertz CT molecular complexity index is 1230. The summed E-state index contributed by atoms with van der Waals surface area (Å²) < 4.78 is 6.75. The monoisotopic (exact) mass is 463 g/mol. The number of piperazine rings is 1. The largest absolute Gasteiger partial charge is 0.383 e. The van der Waals surface area contributed by atoms with Crippen molar-refractivity contribution in [3.63, 3.8) is 0 Å². The van der Waals surface area contributed by atoms with Crippen LogP contribution < -0.4 is 20.4 Å². The second-order valence-electron chi connectivity index (χ2n) is 7.99. The summed E-state index contributed by atoms with van der Waals surface area (Å²) in [5, 5.41) is 9.97. The zero-order valence-electron chi connectivity index (χ0n) is 18.8. The highest BCUT2D eigenvalue weighted by Gasteiger charge is 2.25. The fraction of sp³-hybridized carbons (Fsp3) is 0.364. The van der Waals surface area contributed by atoms with Gasteiger partial charge in [-0.2, -0.15) is 19.6 Å². The fourth-order valence-electron chi connectivity index (χ4n) is 3.99. The summed E-state index contributed by atoms with van der Waals surface area (Å²) in [6.45, 7) is 4.08. The van der Waals surface area contributed by atoms with Crippen LogP contribution >= 0.6 is 0 Å². The Balaban J connectivity index is 1.45. The molecule has 3 aromatic heterocycles. The highest BCUT2D eigenvalue weighted by Crippen LogP contribution is 2.23. The Kier molecular flexibility index (Phi) is 6.04. The second kappa shape index (κ2) is 9.43. The van der Waals surface area contributed by atoms with Gasteiger partial charge in [0.2, 0.25) is 17.8 Å². The SMILES string of the molecule is COCCNc1nc(N2CCN(c3ccccn3)CC2)nc2c(C=C3CC(=O)NC3=O)cnn12. The Morgan fingerprint density at radius 2 is 1.97 bits per heavy atom. The first-order valence-corrected chi connectivity index (χ1v) is 11.1. The lowest BCUT2D eigenvalue weighted by molar-refractivity contribution is -0.124. The summed E-state index contributed by atoms with van der Waals surface area (Å²) in [7, 11) is 1.63. The third-order valence-corrected chi connectivity index (χ3v) is 5.73. The Morgan fingerprint density at radius 3 is 2.68 bits per heavy atom. The molecule has 34 heavy (non-hydrogen) atoms. The molecule has 12 nitrogen and oxygen atoms in total. The Morgan fingerprint density at radius 1 is 1.15 bits per heavy atom. The molecule has 0 aliphatic carbocycles. The third kappa shape index (κ3) is 4.39. The highest BCUT2D eigenvalue weighted by atomic mass is 16.5. The molecule has 0 radical (unpaired) electrons. The molecule has 2 aliphatic rings. The van der Waals surface area contributed by atoms with E-state index in [1.165, 1.54) is 0 Å². The van der Waals surface area contributed by atoms with Crippen LogP contribution in [0.2, 0.25) is 0 Å². The summed E-state index contributed by atoms with van der Waals surface area (Å²) in [4.78, 5) is 41.9. The van der Waals surface area contributed by atoms with E-state index < -0.39 is 0 Å². The van der Waals surface area contributed by atoms with Gasteiger partial charge >= 0.3 is 0 Å². The standard InChI is InChI=1S/C22H25N9O3/c1-34-11-6-24-21-28-22(30-9-7-29(8-10-30)17-4-2-3-5-23-17)27-19-16(14-25-31(19)21)12-15-13-18(32)26-20(15)33/h2-5,12,14H,6-11,13H2,1H3,(H,24,27,28)(H,26,32,33). The number of aromatic nitrogens is 5. The molecule has 2 fully saturated rings. The lowest BCUT2D eigenvalue weighted by atomic mass is 10.1. The van der Waals surface area contributed by atoms with Gasteiger partial charge in [-0.15, -0.1) is 0 Å². The van der Waals surface area contributed by atoms with Crippen LogP contribution in [0.4, 0.5) is 17.7 Å². The van der Waals surface area contributed by atoms with Crippen LogP contribution in [0.15, 0.2) is 36.2 Å². The van der Waals surface area contributed by atoms with Gasteiger partial charge in [-0.3, -0.25) is 14.9 Å². The number of ether oxygens (including phenoxy) is 1. The summed E-state index contributed by atoms with van der Waals surface area (Å²) in [6.07, 6.45) is 5.13. The number of nitrogens with zero attached hydrogens (tertiary/aromatic N) is 7. The fourth-order valence-corrected chi connectivity index (χ4v) is 3.99. The predicted octanol–water partition coefficient (Wildman–Crippen LogP) is 0.334. The Hall–Kier alpha value is -4.06. The second-order valence-corrected chi connectivity index (χ2v) is 7.99. The average molecular weight is 464 g/mol. The minimum Gasteiger partial charge on any atom is -0.383 e. The molecule has 5 rings (SSSR count). The first-order valence-electron chi connectivity index (χ1n) is 11.1. The third-order valence-electron chi connectivity index (χ3n) is 5.73. The minimum atomic E-state index is -0.386. The van der Waals surface area contributed by atoms with Crippen molar-refractivity contribution >= 4 is 41.3 Å². The van der Waals surface area contributed by atoms with Gasteiger partial charge in [0.05, 0.1) is 19.2 Å². The van der Waals surface area contributed by atoms with Gasteiger partial charge in [-0.1, -0.05) is 6.07 Å². The highest BCUT2D eigenvalue weighted by molar-refractivity contribution is 6.15. The summed E-state index contributed by atoms with van der Waals surface area (Å²) in [5.41, 5.74) is 1.58. The number of anilines is 3. The molecule has 5 heterocycles. The van der Waals surface area contributed by atoms with E-state index in [1.807, 2.05) is 18.2 Å². The lowest BCUT2D eigenvalue weighted by Gasteiger charge is -2.35. The Labute approximate surface area is 195 Å². The molecule has 0 aromatic carbocycles. The number of carbonyl (C=O) groups is 2. The van der Waals surface area contributed by atoms with Crippen molar-refractivity contribution in [1.82, 2.24) is 29.9 Å². The van der Waals surface area contributed by atoms with Crippen molar-refractivity contribution < 1.29 is 14.3 Å². The molecule has 2 saturated heterocycles. The zero-order valence-corrected chi connectivity index (χ0v) is 18.8. The zero-order chi connectivity index (χ0) is 23.5. The van der Waals surface area contributed by atoms with Crippen molar-refractivity contribution in [3.8, 4) is 0 Å². The molecule has 2 N–H and O–H groups in total. The molecule has 0 unspecified atom stereocenters.